The molecule has 0 spiro atoms. The summed E-state index contributed by atoms with van der Waals surface area (Å²) in [5.74, 6) is 1.66. The van der Waals surface area contributed by atoms with Gasteiger partial charge < -0.3 is 15.0 Å². The van der Waals surface area contributed by atoms with E-state index in [2.05, 4.69) is 27.7 Å². The second-order valence-electron chi connectivity index (χ2n) is 7.82. The number of nitrogens with one attached hydrogen (secondary N) is 1. The molecule has 2 saturated heterocycles. The van der Waals surface area contributed by atoms with Crippen molar-refractivity contribution in [2.75, 3.05) is 45.2 Å². The maximum Gasteiger partial charge on any atom is 0.244 e. The Kier molecular flexibility index (Phi) is 5.37. The molecule has 30 heavy (non-hydrogen) atoms. The molecular weight excluding hydrogens is 398 g/mol. The molecule has 0 bridgehead atoms. The van der Waals surface area contributed by atoms with Gasteiger partial charge in [0.15, 0.2) is 0 Å². The van der Waals surface area contributed by atoms with E-state index >= 15 is 0 Å². The number of benzene rings is 1. The molecular formula is C22H25N5O2S. The van der Waals surface area contributed by atoms with Gasteiger partial charge in [0.2, 0.25) is 5.91 Å². The van der Waals surface area contributed by atoms with E-state index in [1.54, 1.807) is 16.2 Å². The number of amides is 1. The van der Waals surface area contributed by atoms with E-state index in [9.17, 15) is 4.79 Å². The molecule has 156 valence electrons. The molecule has 0 saturated carbocycles. The minimum atomic E-state index is -0.243. The van der Waals surface area contributed by atoms with Crippen molar-refractivity contribution < 1.29 is 9.53 Å². The Morgan fingerprint density at radius 3 is 2.70 bits per heavy atom. The topological polar surface area (TPSA) is 70.6 Å². The highest BCUT2D eigenvalue weighted by molar-refractivity contribution is 7.17. The van der Waals surface area contributed by atoms with Crippen LogP contribution in [0.15, 0.2) is 35.7 Å². The number of hydrogen-bond acceptors (Lipinski definition) is 7. The largest absolute Gasteiger partial charge is 0.379 e. The van der Waals surface area contributed by atoms with E-state index in [-0.39, 0.29) is 11.9 Å². The molecule has 0 aliphatic carbocycles. The van der Waals surface area contributed by atoms with Gasteiger partial charge in [-0.05, 0) is 12.0 Å². The van der Waals surface area contributed by atoms with Crippen LogP contribution in [0, 0.1) is 0 Å². The Morgan fingerprint density at radius 2 is 1.97 bits per heavy atom. The molecule has 1 atom stereocenters. The number of rotatable bonds is 5. The highest BCUT2D eigenvalue weighted by Crippen LogP contribution is 2.37. The average molecular weight is 424 g/mol. The van der Waals surface area contributed by atoms with Gasteiger partial charge in [-0.25, -0.2) is 9.97 Å². The third kappa shape index (κ3) is 3.78. The summed E-state index contributed by atoms with van der Waals surface area (Å²) in [6.45, 7) is 4.71. The van der Waals surface area contributed by atoms with Crippen molar-refractivity contribution in [3.63, 3.8) is 0 Å². The number of carbonyl (C=O) groups is 1. The van der Waals surface area contributed by atoms with E-state index < -0.39 is 0 Å². The first-order valence-corrected chi connectivity index (χ1v) is 11.2. The Morgan fingerprint density at radius 1 is 1.17 bits per heavy atom. The van der Waals surface area contributed by atoms with Crippen molar-refractivity contribution in [1.82, 2.24) is 19.8 Å². The van der Waals surface area contributed by atoms with Gasteiger partial charge in [-0.3, -0.25) is 9.69 Å². The molecule has 2 fully saturated rings. The quantitative estimate of drug-likeness (QED) is 0.681. The predicted molar refractivity (Wildman–Crippen MR) is 119 cm³/mol. The lowest BCUT2D eigenvalue weighted by atomic mass is 10.1. The number of nitrogens with zero attached hydrogens (tertiary/aromatic N) is 4. The van der Waals surface area contributed by atoms with Gasteiger partial charge in [0.25, 0.3) is 0 Å². The zero-order valence-corrected chi connectivity index (χ0v) is 17.8. The highest BCUT2D eigenvalue weighted by atomic mass is 32.1. The maximum absolute atomic E-state index is 12.5. The molecule has 1 aromatic carbocycles. The van der Waals surface area contributed by atoms with Crippen molar-refractivity contribution in [1.29, 1.82) is 0 Å². The van der Waals surface area contributed by atoms with Crippen LogP contribution in [0.4, 0.5) is 5.82 Å². The number of carbonyl (C=O) groups excluding carboxylic acids is 1. The number of likely N-dealkylation sites (N-methyl/N-ethyl adjacent to an activating group) is 1. The van der Waals surface area contributed by atoms with E-state index in [4.69, 9.17) is 14.7 Å². The first-order chi connectivity index (χ1) is 14.7. The van der Waals surface area contributed by atoms with E-state index in [0.717, 1.165) is 72.3 Å². The molecule has 2 aliphatic rings. The fourth-order valence-electron chi connectivity index (χ4n) is 4.07. The third-order valence-corrected chi connectivity index (χ3v) is 6.64. The van der Waals surface area contributed by atoms with Gasteiger partial charge in [-0.15, -0.1) is 11.3 Å². The molecule has 1 N–H and O–H groups in total. The number of likely N-dealkylation sites (tertiary alicyclic amines) is 1. The minimum absolute atomic E-state index is 0.119. The number of morpholine rings is 1. The fourth-order valence-corrected chi connectivity index (χ4v) is 5.04. The molecule has 2 aromatic heterocycles. The summed E-state index contributed by atoms with van der Waals surface area (Å²) >= 11 is 1.63. The van der Waals surface area contributed by atoms with Crippen molar-refractivity contribution in [3.8, 4) is 11.1 Å². The van der Waals surface area contributed by atoms with E-state index in [0.29, 0.717) is 6.54 Å². The Hall–Kier alpha value is -2.55. The van der Waals surface area contributed by atoms with Gasteiger partial charge in [0, 0.05) is 37.6 Å². The maximum atomic E-state index is 12.5. The summed E-state index contributed by atoms with van der Waals surface area (Å²) in [5, 5.41) is 6.60. The molecule has 7 nitrogen and oxygen atoms in total. The van der Waals surface area contributed by atoms with Gasteiger partial charge in [-0.2, -0.15) is 0 Å². The third-order valence-electron chi connectivity index (χ3n) is 5.77. The monoisotopic (exact) mass is 423 g/mol. The van der Waals surface area contributed by atoms with E-state index in [1.165, 1.54) is 0 Å². The first kappa shape index (κ1) is 19.4. The highest BCUT2D eigenvalue weighted by Gasteiger charge is 2.30. The number of aromatic nitrogens is 2. The zero-order valence-electron chi connectivity index (χ0n) is 17.0. The number of ether oxygens (including phenoxy) is 1. The molecule has 2 aliphatic heterocycles. The lowest BCUT2D eigenvalue weighted by Gasteiger charge is -2.26. The fraction of sp³-hybridized carbons (Fsp3) is 0.409. The normalized spacial score (nSPS) is 20.2. The van der Waals surface area contributed by atoms with Crippen LogP contribution in [-0.4, -0.2) is 71.6 Å². The summed E-state index contributed by atoms with van der Waals surface area (Å²) in [4.78, 5) is 27.4. The van der Waals surface area contributed by atoms with Crippen LogP contribution in [-0.2, 0) is 16.1 Å². The second-order valence-corrected chi connectivity index (χ2v) is 8.68. The van der Waals surface area contributed by atoms with Crippen molar-refractivity contribution >= 4 is 33.3 Å². The molecule has 0 radical (unpaired) electrons. The van der Waals surface area contributed by atoms with Gasteiger partial charge in [0.1, 0.15) is 22.5 Å². The number of anilines is 1. The van der Waals surface area contributed by atoms with Gasteiger partial charge in [0.05, 0.1) is 25.1 Å². The zero-order chi connectivity index (χ0) is 20.5. The number of hydrogen-bond donors (Lipinski definition) is 1. The number of fused-ring (bicyclic) bond motifs is 1. The summed E-state index contributed by atoms with van der Waals surface area (Å²) in [7, 11) is 1.85. The smallest absolute Gasteiger partial charge is 0.244 e. The van der Waals surface area contributed by atoms with Crippen LogP contribution in [0.25, 0.3) is 21.3 Å². The molecule has 1 unspecified atom stereocenters. The van der Waals surface area contributed by atoms with Crippen LogP contribution >= 0.6 is 11.3 Å². The summed E-state index contributed by atoms with van der Waals surface area (Å²) in [6.07, 6.45) is 0.782. The van der Waals surface area contributed by atoms with Crippen molar-refractivity contribution in [2.45, 2.75) is 19.0 Å². The van der Waals surface area contributed by atoms with Crippen LogP contribution in [0.5, 0.6) is 0 Å². The van der Waals surface area contributed by atoms with E-state index in [1.807, 2.05) is 25.2 Å². The van der Waals surface area contributed by atoms with Crippen LogP contribution in [0.2, 0.25) is 0 Å². The first-order valence-electron chi connectivity index (χ1n) is 10.3. The van der Waals surface area contributed by atoms with Gasteiger partial charge in [-0.1, -0.05) is 30.3 Å². The second kappa shape index (κ2) is 8.29. The molecule has 3 aromatic rings. The molecule has 8 heteroatoms. The SMILES string of the molecule is CN1CCC(Nc2nc(CN3CCOCC3)nc3scc(-c4ccccc4)c23)C1=O. The van der Waals surface area contributed by atoms with Crippen molar-refractivity contribution in [2.24, 2.45) is 0 Å². The van der Waals surface area contributed by atoms with Crippen LogP contribution in [0.1, 0.15) is 12.2 Å². The summed E-state index contributed by atoms with van der Waals surface area (Å²) in [6, 6.07) is 10.0. The average Bonchev–Trinajstić information content (AvgIpc) is 3.34. The number of thiophene rings is 1. The summed E-state index contributed by atoms with van der Waals surface area (Å²) < 4.78 is 5.46. The van der Waals surface area contributed by atoms with Crippen LogP contribution in [0.3, 0.4) is 0 Å². The van der Waals surface area contributed by atoms with Gasteiger partial charge >= 0.3 is 0 Å². The Labute approximate surface area is 179 Å². The predicted octanol–water partition coefficient (Wildman–Crippen LogP) is 2.83. The standard InChI is InChI=1S/C22H25N5O2S/c1-26-8-7-17(22(26)28)23-20-19-16(15-5-3-2-4-6-15)14-30-21(19)25-18(24-20)13-27-9-11-29-12-10-27/h2-6,14,17H,7-13H2,1H3,(H,23,24,25). The molecule has 5 rings (SSSR count). The summed E-state index contributed by atoms with van der Waals surface area (Å²) in [5.41, 5.74) is 2.24. The minimum Gasteiger partial charge on any atom is -0.379 e. The van der Waals surface area contributed by atoms with Crippen molar-refractivity contribution in [3.05, 3.63) is 41.5 Å². The Balaban J connectivity index is 1.55. The molecule has 4 heterocycles. The Bertz CT molecular complexity index is 1050. The van der Waals surface area contributed by atoms with Crippen LogP contribution < -0.4 is 5.32 Å². The molecule has 1 amide bonds. The lowest BCUT2D eigenvalue weighted by Crippen LogP contribution is -2.36. The lowest BCUT2D eigenvalue weighted by molar-refractivity contribution is -0.127.